The quantitative estimate of drug-likeness (QED) is 0.779. The molecule has 1 N–H and O–H groups in total. The molecule has 0 radical (unpaired) electrons. The molecule has 0 atom stereocenters. The van der Waals surface area contributed by atoms with Crippen LogP contribution in [0.3, 0.4) is 0 Å². The third kappa shape index (κ3) is 1.84. The Morgan fingerprint density at radius 1 is 1.14 bits per heavy atom. The molecular weight excluding hydrogens is 172 g/mol. The van der Waals surface area contributed by atoms with E-state index in [1.54, 1.807) is 0 Å². The molecule has 0 aromatic carbocycles. The summed E-state index contributed by atoms with van der Waals surface area (Å²) < 4.78 is 0. The molecule has 0 spiro atoms. The second kappa shape index (κ2) is 3.66. The molecule has 0 saturated carbocycles. The van der Waals surface area contributed by atoms with Crippen LogP contribution in [0.15, 0.2) is 36.4 Å². The molecule has 0 bridgehead atoms. The molecule has 0 amide bonds. The zero-order valence-corrected chi connectivity index (χ0v) is 8.49. The highest BCUT2D eigenvalue weighted by Gasteiger charge is 2.06. The van der Waals surface area contributed by atoms with Crippen LogP contribution in [0.1, 0.15) is 13.8 Å². The van der Waals surface area contributed by atoms with Crippen molar-refractivity contribution in [2.75, 3.05) is 5.32 Å². The number of nitrogens with one attached hydrogen (secondary N) is 1. The lowest BCUT2D eigenvalue weighted by Crippen LogP contribution is -2.09. The average Bonchev–Trinajstić information content (AvgIpc) is 2.34. The van der Waals surface area contributed by atoms with Crippen molar-refractivity contribution in [1.82, 2.24) is 4.98 Å². The molecule has 2 aliphatic rings. The van der Waals surface area contributed by atoms with E-state index in [9.17, 15) is 0 Å². The van der Waals surface area contributed by atoms with Crippen molar-refractivity contribution in [1.29, 1.82) is 0 Å². The number of rotatable bonds is 2. The number of aromatic nitrogens is 1. The number of nitrogens with zero attached hydrogens (tertiary/aromatic N) is 1. The number of fused-ring (bicyclic) bond motifs is 1. The van der Waals surface area contributed by atoms with Gasteiger partial charge in [0.1, 0.15) is 5.82 Å². The molecule has 0 aromatic rings. The molecule has 72 valence electrons. The second-order valence-electron chi connectivity index (χ2n) is 3.69. The molecule has 0 aromatic heterocycles. The van der Waals surface area contributed by atoms with Crippen LogP contribution in [-0.2, 0) is 0 Å². The highest BCUT2D eigenvalue weighted by atomic mass is 15.0. The molecule has 2 rings (SSSR count). The highest BCUT2D eigenvalue weighted by molar-refractivity contribution is 5.67. The van der Waals surface area contributed by atoms with Crippen LogP contribution in [0.2, 0.25) is 0 Å². The smallest absolute Gasteiger partial charge is 0.127 e. The predicted molar refractivity (Wildman–Crippen MR) is 59.6 cm³/mol. The molecular formula is C12H14N2. The summed E-state index contributed by atoms with van der Waals surface area (Å²) in [5.74, 6) is 0.959. The molecule has 0 fully saturated rings. The zero-order chi connectivity index (χ0) is 9.97. The normalized spacial score (nSPS) is 10.8. The van der Waals surface area contributed by atoms with Crippen molar-refractivity contribution >= 4 is 5.82 Å². The van der Waals surface area contributed by atoms with Gasteiger partial charge in [0.05, 0.1) is 5.69 Å². The highest BCUT2D eigenvalue weighted by Crippen LogP contribution is 2.23. The molecule has 1 heterocycles. The van der Waals surface area contributed by atoms with E-state index < -0.39 is 0 Å². The topological polar surface area (TPSA) is 24.9 Å². The second-order valence-corrected chi connectivity index (χ2v) is 3.69. The molecule has 1 aliphatic heterocycles. The Labute approximate surface area is 84.3 Å². The van der Waals surface area contributed by atoms with Gasteiger partial charge in [0.25, 0.3) is 0 Å². The summed E-state index contributed by atoms with van der Waals surface area (Å²) in [7, 11) is 0. The molecule has 2 heteroatoms. The van der Waals surface area contributed by atoms with E-state index in [2.05, 4.69) is 36.3 Å². The fourth-order valence-electron chi connectivity index (χ4n) is 1.45. The van der Waals surface area contributed by atoms with Crippen LogP contribution < -0.4 is 5.32 Å². The molecule has 1 aliphatic carbocycles. The fraction of sp³-hybridized carbons (Fsp3) is 0.250. The van der Waals surface area contributed by atoms with Gasteiger partial charge in [-0.3, -0.25) is 0 Å². The zero-order valence-electron chi connectivity index (χ0n) is 8.49. The minimum atomic E-state index is 0.424. The van der Waals surface area contributed by atoms with Crippen LogP contribution in [0.25, 0.3) is 11.3 Å². The van der Waals surface area contributed by atoms with E-state index in [4.69, 9.17) is 0 Å². The third-order valence-corrected chi connectivity index (χ3v) is 2.02. The Morgan fingerprint density at radius 2 is 1.93 bits per heavy atom. The third-order valence-electron chi connectivity index (χ3n) is 2.02. The predicted octanol–water partition coefficient (Wildman–Crippen LogP) is 3.01. The van der Waals surface area contributed by atoms with Gasteiger partial charge in [0, 0.05) is 11.6 Å². The van der Waals surface area contributed by atoms with E-state index in [1.807, 2.05) is 24.3 Å². The SMILES string of the molecule is CC(C)Nc1cc2cccccc-2n1. The van der Waals surface area contributed by atoms with Crippen LogP contribution in [0, 0.1) is 0 Å². The first-order chi connectivity index (χ1) is 6.75. The Hall–Kier alpha value is -1.57. The van der Waals surface area contributed by atoms with Gasteiger partial charge >= 0.3 is 0 Å². The van der Waals surface area contributed by atoms with Crippen LogP contribution in [0.4, 0.5) is 5.82 Å². The minimum Gasteiger partial charge on any atom is -0.368 e. The number of hydrogen-bond donors (Lipinski definition) is 1. The minimum absolute atomic E-state index is 0.424. The van der Waals surface area contributed by atoms with Gasteiger partial charge in [0.15, 0.2) is 0 Å². The maximum absolute atomic E-state index is 4.48. The van der Waals surface area contributed by atoms with Crippen molar-refractivity contribution < 1.29 is 0 Å². The first kappa shape index (κ1) is 9.00. The Morgan fingerprint density at radius 3 is 2.71 bits per heavy atom. The summed E-state index contributed by atoms with van der Waals surface area (Å²) >= 11 is 0. The fourth-order valence-corrected chi connectivity index (χ4v) is 1.45. The Kier molecular flexibility index (Phi) is 2.35. The molecule has 0 saturated heterocycles. The summed E-state index contributed by atoms with van der Waals surface area (Å²) in [6.45, 7) is 4.22. The molecule has 14 heavy (non-hydrogen) atoms. The summed E-state index contributed by atoms with van der Waals surface area (Å²) in [6, 6.07) is 12.7. The maximum Gasteiger partial charge on any atom is 0.127 e. The maximum atomic E-state index is 4.48. The van der Waals surface area contributed by atoms with E-state index in [0.717, 1.165) is 11.5 Å². The average molecular weight is 186 g/mol. The summed E-state index contributed by atoms with van der Waals surface area (Å²) in [5.41, 5.74) is 2.22. The lowest BCUT2D eigenvalue weighted by Gasteiger charge is -2.04. The standard InChI is InChI=1S/C12H14N2/c1-9(2)13-12-8-10-6-4-3-5-7-11(10)14-12/h3-9H,1-2H3,(H,13,14). The number of hydrogen-bond acceptors (Lipinski definition) is 2. The van der Waals surface area contributed by atoms with Crippen molar-refractivity contribution in [2.45, 2.75) is 19.9 Å². The first-order valence-electron chi connectivity index (χ1n) is 4.88. The lowest BCUT2D eigenvalue weighted by atomic mass is 10.2. The van der Waals surface area contributed by atoms with Gasteiger partial charge in [-0.25, -0.2) is 4.98 Å². The Balaban J connectivity index is 2.38. The largest absolute Gasteiger partial charge is 0.368 e. The van der Waals surface area contributed by atoms with Gasteiger partial charge in [-0.2, -0.15) is 0 Å². The number of anilines is 1. The van der Waals surface area contributed by atoms with Crippen LogP contribution in [-0.4, -0.2) is 11.0 Å². The van der Waals surface area contributed by atoms with Crippen molar-refractivity contribution in [3.05, 3.63) is 36.4 Å². The lowest BCUT2D eigenvalue weighted by molar-refractivity contribution is 0.892. The van der Waals surface area contributed by atoms with Gasteiger partial charge in [-0.05, 0) is 26.0 Å². The summed E-state index contributed by atoms with van der Waals surface area (Å²) in [4.78, 5) is 4.48. The van der Waals surface area contributed by atoms with Crippen molar-refractivity contribution in [2.24, 2.45) is 0 Å². The van der Waals surface area contributed by atoms with Crippen LogP contribution >= 0.6 is 0 Å². The van der Waals surface area contributed by atoms with Gasteiger partial charge < -0.3 is 5.32 Å². The Bertz CT molecular complexity index is 365. The van der Waals surface area contributed by atoms with E-state index in [-0.39, 0.29) is 0 Å². The van der Waals surface area contributed by atoms with E-state index in [1.165, 1.54) is 5.56 Å². The van der Waals surface area contributed by atoms with Crippen LogP contribution in [0.5, 0.6) is 0 Å². The van der Waals surface area contributed by atoms with Gasteiger partial charge in [-0.1, -0.05) is 24.3 Å². The van der Waals surface area contributed by atoms with Gasteiger partial charge in [0.2, 0.25) is 0 Å². The van der Waals surface area contributed by atoms with Crippen molar-refractivity contribution in [3.63, 3.8) is 0 Å². The summed E-state index contributed by atoms with van der Waals surface area (Å²) in [6.07, 6.45) is 0. The van der Waals surface area contributed by atoms with Gasteiger partial charge in [-0.15, -0.1) is 0 Å². The molecule has 2 nitrogen and oxygen atoms in total. The monoisotopic (exact) mass is 186 g/mol. The molecule has 0 unspecified atom stereocenters. The van der Waals surface area contributed by atoms with E-state index in [0.29, 0.717) is 6.04 Å². The van der Waals surface area contributed by atoms with E-state index >= 15 is 0 Å². The van der Waals surface area contributed by atoms with Crippen molar-refractivity contribution in [3.8, 4) is 11.3 Å². The summed E-state index contributed by atoms with van der Waals surface area (Å²) in [5, 5.41) is 3.29. The first-order valence-corrected chi connectivity index (χ1v) is 4.88.